The van der Waals surface area contributed by atoms with E-state index >= 15 is 0 Å². The van der Waals surface area contributed by atoms with Gasteiger partial charge in [-0.15, -0.1) is 0 Å². The summed E-state index contributed by atoms with van der Waals surface area (Å²) in [6, 6.07) is 23.7. The molecule has 4 aromatic carbocycles. The molecule has 0 saturated heterocycles. The molecule has 28 heavy (non-hydrogen) atoms. The average Bonchev–Trinajstić information content (AvgIpc) is 2.73. The van der Waals surface area contributed by atoms with E-state index < -0.39 is 0 Å². The highest BCUT2D eigenvalue weighted by atomic mass is 16.5. The SMILES string of the molecule is COc1ccc2ccccc2c1N(C(C)=O)c1c(OC)ccc2ccccc12. The van der Waals surface area contributed by atoms with E-state index in [1.165, 1.54) is 0 Å². The van der Waals surface area contributed by atoms with Gasteiger partial charge in [-0.25, -0.2) is 0 Å². The van der Waals surface area contributed by atoms with E-state index in [1.54, 1.807) is 26.0 Å². The van der Waals surface area contributed by atoms with Gasteiger partial charge in [-0.05, 0) is 22.9 Å². The number of anilines is 2. The maximum Gasteiger partial charge on any atom is 0.228 e. The highest BCUT2D eigenvalue weighted by Crippen LogP contribution is 2.46. The minimum Gasteiger partial charge on any atom is -0.495 e. The van der Waals surface area contributed by atoms with E-state index in [0.717, 1.165) is 21.5 Å². The molecule has 0 atom stereocenters. The maximum absolute atomic E-state index is 13.0. The average molecular weight is 371 g/mol. The summed E-state index contributed by atoms with van der Waals surface area (Å²) in [5, 5.41) is 3.94. The standard InChI is InChI=1S/C24H21NO3/c1-16(26)25(23-19-10-6-4-8-17(19)12-14-21(23)27-2)24-20-11-7-5-9-18(20)13-15-22(24)28-3/h4-15H,1-3H3. The van der Waals surface area contributed by atoms with Crippen LogP contribution in [0.2, 0.25) is 0 Å². The third-order valence-electron chi connectivity index (χ3n) is 4.93. The van der Waals surface area contributed by atoms with E-state index in [4.69, 9.17) is 9.47 Å². The summed E-state index contributed by atoms with van der Waals surface area (Å²) >= 11 is 0. The Bertz CT molecular complexity index is 1100. The van der Waals surface area contributed by atoms with Crippen LogP contribution in [0.1, 0.15) is 6.92 Å². The minimum absolute atomic E-state index is 0.121. The summed E-state index contributed by atoms with van der Waals surface area (Å²) in [4.78, 5) is 14.7. The molecule has 0 spiro atoms. The zero-order chi connectivity index (χ0) is 19.7. The quantitative estimate of drug-likeness (QED) is 0.462. The molecule has 0 saturated carbocycles. The predicted molar refractivity (Wildman–Crippen MR) is 114 cm³/mol. The number of amides is 1. The maximum atomic E-state index is 13.0. The molecule has 140 valence electrons. The second-order valence-electron chi connectivity index (χ2n) is 6.53. The van der Waals surface area contributed by atoms with Crippen LogP contribution in [0.15, 0.2) is 72.8 Å². The smallest absolute Gasteiger partial charge is 0.228 e. The second kappa shape index (κ2) is 7.24. The Balaban J connectivity index is 2.13. The van der Waals surface area contributed by atoms with Crippen LogP contribution in [-0.2, 0) is 4.79 Å². The molecular formula is C24H21NO3. The molecule has 4 heteroatoms. The van der Waals surface area contributed by atoms with Gasteiger partial charge < -0.3 is 9.47 Å². The summed E-state index contributed by atoms with van der Waals surface area (Å²) < 4.78 is 11.3. The third-order valence-corrected chi connectivity index (χ3v) is 4.93. The van der Waals surface area contributed by atoms with Gasteiger partial charge >= 0.3 is 0 Å². The van der Waals surface area contributed by atoms with E-state index in [0.29, 0.717) is 22.9 Å². The van der Waals surface area contributed by atoms with Gasteiger partial charge in [0.1, 0.15) is 11.5 Å². The van der Waals surface area contributed by atoms with Gasteiger partial charge in [-0.1, -0.05) is 60.7 Å². The van der Waals surface area contributed by atoms with Crippen molar-refractivity contribution in [1.82, 2.24) is 0 Å². The normalized spacial score (nSPS) is 10.8. The van der Waals surface area contributed by atoms with Crippen LogP contribution < -0.4 is 14.4 Å². The predicted octanol–water partition coefficient (Wildman–Crippen LogP) is 5.69. The first-order valence-corrected chi connectivity index (χ1v) is 9.08. The molecule has 4 rings (SSSR count). The van der Waals surface area contributed by atoms with Crippen molar-refractivity contribution in [3.05, 3.63) is 72.8 Å². The molecule has 0 aliphatic carbocycles. The summed E-state index contributed by atoms with van der Waals surface area (Å²) in [5.74, 6) is 1.14. The number of ether oxygens (including phenoxy) is 2. The lowest BCUT2D eigenvalue weighted by Gasteiger charge is -2.28. The fourth-order valence-corrected chi connectivity index (χ4v) is 3.69. The van der Waals surface area contributed by atoms with Crippen molar-refractivity contribution < 1.29 is 14.3 Å². The van der Waals surface area contributed by atoms with E-state index in [9.17, 15) is 4.79 Å². The summed E-state index contributed by atoms with van der Waals surface area (Å²) in [5.41, 5.74) is 1.42. The van der Waals surface area contributed by atoms with Gasteiger partial charge in [-0.2, -0.15) is 0 Å². The van der Waals surface area contributed by atoms with Gasteiger partial charge in [0.25, 0.3) is 0 Å². The lowest BCUT2D eigenvalue weighted by atomic mass is 10.0. The Morgan fingerprint density at radius 1 is 0.679 bits per heavy atom. The molecule has 4 nitrogen and oxygen atoms in total. The monoisotopic (exact) mass is 371 g/mol. The first kappa shape index (κ1) is 17.9. The van der Waals surface area contributed by atoms with Crippen LogP contribution in [0.25, 0.3) is 21.5 Å². The Morgan fingerprint density at radius 3 is 1.50 bits per heavy atom. The molecule has 4 aromatic rings. The van der Waals surface area contributed by atoms with E-state index in [2.05, 4.69) is 0 Å². The summed E-state index contributed by atoms with van der Waals surface area (Å²) in [7, 11) is 3.23. The van der Waals surface area contributed by atoms with Gasteiger partial charge in [0.05, 0.1) is 25.6 Å². The van der Waals surface area contributed by atoms with E-state index in [-0.39, 0.29) is 5.91 Å². The van der Waals surface area contributed by atoms with Crippen molar-refractivity contribution in [1.29, 1.82) is 0 Å². The highest BCUT2D eigenvalue weighted by Gasteiger charge is 2.26. The first-order chi connectivity index (χ1) is 13.7. The van der Waals surface area contributed by atoms with Gasteiger partial charge in [0.15, 0.2) is 0 Å². The Kier molecular flexibility index (Phi) is 4.62. The molecular weight excluding hydrogens is 350 g/mol. The fourth-order valence-electron chi connectivity index (χ4n) is 3.69. The van der Waals surface area contributed by atoms with Gasteiger partial charge in [0.2, 0.25) is 5.91 Å². The largest absolute Gasteiger partial charge is 0.495 e. The number of hydrogen-bond acceptors (Lipinski definition) is 3. The number of carbonyl (C=O) groups is 1. The summed E-state index contributed by atoms with van der Waals surface area (Å²) in [6.07, 6.45) is 0. The molecule has 0 bridgehead atoms. The second-order valence-corrected chi connectivity index (χ2v) is 6.53. The third kappa shape index (κ3) is 2.83. The van der Waals surface area contributed by atoms with Crippen LogP contribution in [0, 0.1) is 0 Å². The zero-order valence-corrected chi connectivity index (χ0v) is 16.1. The molecule has 0 aromatic heterocycles. The lowest BCUT2D eigenvalue weighted by molar-refractivity contribution is -0.115. The fraction of sp³-hybridized carbons (Fsp3) is 0.125. The number of nitrogens with zero attached hydrogens (tertiary/aromatic N) is 1. The van der Waals surface area contributed by atoms with Crippen LogP contribution in [0.3, 0.4) is 0 Å². The minimum atomic E-state index is -0.121. The molecule has 0 N–H and O–H groups in total. The van der Waals surface area contributed by atoms with Crippen molar-refractivity contribution in [2.24, 2.45) is 0 Å². The van der Waals surface area contributed by atoms with Crippen molar-refractivity contribution in [3.8, 4) is 11.5 Å². The van der Waals surface area contributed by atoms with E-state index in [1.807, 2.05) is 72.8 Å². The molecule has 0 heterocycles. The molecule has 0 radical (unpaired) electrons. The Morgan fingerprint density at radius 2 is 1.11 bits per heavy atom. The van der Waals surface area contributed by atoms with Crippen molar-refractivity contribution in [3.63, 3.8) is 0 Å². The van der Waals surface area contributed by atoms with Gasteiger partial charge in [0, 0.05) is 17.7 Å². The Hall–Kier alpha value is -3.53. The lowest BCUT2D eigenvalue weighted by Crippen LogP contribution is -2.24. The van der Waals surface area contributed by atoms with Crippen molar-refractivity contribution in [2.45, 2.75) is 6.92 Å². The van der Waals surface area contributed by atoms with Crippen molar-refractivity contribution in [2.75, 3.05) is 19.1 Å². The number of benzene rings is 4. The topological polar surface area (TPSA) is 38.8 Å². The summed E-state index contributed by atoms with van der Waals surface area (Å²) in [6.45, 7) is 1.56. The number of fused-ring (bicyclic) bond motifs is 2. The first-order valence-electron chi connectivity index (χ1n) is 9.08. The molecule has 0 aliphatic rings. The zero-order valence-electron chi connectivity index (χ0n) is 16.1. The highest BCUT2D eigenvalue weighted by molar-refractivity contribution is 6.15. The van der Waals surface area contributed by atoms with Crippen LogP contribution in [0.4, 0.5) is 11.4 Å². The molecule has 0 unspecified atom stereocenters. The number of rotatable bonds is 4. The number of hydrogen-bond donors (Lipinski definition) is 0. The van der Waals surface area contributed by atoms with Gasteiger partial charge in [-0.3, -0.25) is 9.69 Å². The number of carbonyl (C=O) groups excluding carboxylic acids is 1. The molecule has 0 aliphatic heterocycles. The Labute approximate surface area is 163 Å². The molecule has 1 amide bonds. The molecule has 0 fully saturated rings. The van der Waals surface area contributed by atoms with Crippen molar-refractivity contribution >= 4 is 38.8 Å². The van der Waals surface area contributed by atoms with Crippen LogP contribution >= 0.6 is 0 Å². The van der Waals surface area contributed by atoms with Crippen LogP contribution in [0.5, 0.6) is 11.5 Å². The number of methoxy groups -OCH3 is 2. The van der Waals surface area contributed by atoms with Crippen LogP contribution in [-0.4, -0.2) is 20.1 Å².